The number of benzene rings is 1. The summed E-state index contributed by atoms with van der Waals surface area (Å²) < 4.78 is 0. The minimum atomic E-state index is -0.291. The van der Waals surface area contributed by atoms with Gasteiger partial charge in [-0.2, -0.15) is 0 Å². The lowest BCUT2D eigenvalue weighted by molar-refractivity contribution is -0.134. The van der Waals surface area contributed by atoms with Crippen molar-refractivity contribution in [3.63, 3.8) is 0 Å². The van der Waals surface area contributed by atoms with Crippen LogP contribution in [-0.4, -0.2) is 67.4 Å². The maximum Gasteiger partial charge on any atom is 0.242 e. The molecule has 1 aromatic carbocycles. The van der Waals surface area contributed by atoms with E-state index in [1.807, 2.05) is 35.2 Å². The molecule has 3 rings (SSSR count). The van der Waals surface area contributed by atoms with Gasteiger partial charge in [0.05, 0.1) is 0 Å². The number of hydrogen-bond acceptors (Lipinski definition) is 4. The Balaban J connectivity index is 1.62. The van der Waals surface area contributed by atoms with Gasteiger partial charge in [-0.3, -0.25) is 14.5 Å². The molecule has 2 N–H and O–H groups in total. The van der Waals surface area contributed by atoms with Crippen molar-refractivity contribution in [2.75, 3.05) is 45.8 Å². The highest BCUT2D eigenvalue weighted by atomic mass is 16.2. The second-order valence-electron chi connectivity index (χ2n) is 6.02. The average Bonchev–Trinajstić information content (AvgIpc) is 2.61. The molecule has 23 heavy (non-hydrogen) atoms. The number of amides is 2. The number of hydrogen-bond donors (Lipinski definition) is 2. The maximum atomic E-state index is 12.3. The molecule has 0 radical (unpaired) electrons. The number of rotatable bonds is 4. The first kappa shape index (κ1) is 16.0. The van der Waals surface area contributed by atoms with Crippen molar-refractivity contribution in [1.29, 1.82) is 0 Å². The molecule has 2 fully saturated rings. The van der Waals surface area contributed by atoms with Gasteiger partial charge in [-0.25, -0.2) is 0 Å². The van der Waals surface area contributed by atoms with Gasteiger partial charge in [0, 0.05) is 52.2 Å². The highest BCUT2D eigenvalue weighted by Crippen LogP contribution is 2.23. The first-order valence-corrected chi connectivity index (χ1v) is 8.31. The molecule has 0 aliphatic carbocycles. The zero-order valence-electron chi connectivity index (χ0n) is 13.3. The highest BCUT2D eigenvalue weighted by molar-refractivity contribution is 5.84. The van der Waals surface area contributed by atoms with Crippen LogP contribution in [0.3, 0.4) is 0 Å². The SMILES string of the molecule is O=C1NCCN(CCC(=O)N2CCNCC2)C1c1ccccc1. The first-order valence-electron chi connectivity index (χ1n) is 8.31. The van der Waals surface area contributed by atoms with Crippen LogP contribution >= 0.6 is 0 Å². The van der Waals surface area contributed by atoms with Crippen LogP contribution in [0.1, 0.15) is 18.0 Å². The van der Waals surface area contributed by atoms with Gasteiger partial charge >= 0.3 is 0 Å². The van der Waals surface area contributed by atoms with Crippen LogP contribution in [0, 0.1) is 0 Å². The largest absolute Gasteiger partial charge is 0.353 e. The lowest BCUT2D eigenvalue weighted by Crippen LogP contribution is -2.51. The van der Waals surface area contributed by atoms with Crippen LogP contribution in [-0.2, 0) is 9.59 Å². The number of nitrogens with one attached hydrogen (secondary N) is 2. The van der Waals surface area contributed by atoms with Crippen molar-refractivity contribution < 1.29 is 9.59 Å². The summed E-state index contributed by atoms with van der Waals surface area (Å²) in [4.78, 5) is 28.7. The van der Waals surface area contributed by atoms with Gasteiger partial charge in [-0.15, -0.1) is 0 Å². The van der Waals surface area contributed by atoms with Crippen LogP contribution in [0.2, 0.25) is 0 Å². The molecule has 0 aromatic heterocycles. The third kappa shape index (κ3) is 3.89. The molecule has 0 spiro atoms. The molecule has 0 bridgehead atoms. The van der Waals surface area contributed by atoms with Crippen LogP contribution < -0.4 is 10.6 Å². The summed E-state index contributed by atoms with van der Waals surface area (Å²) in [5.41, 5.74) is 0.985. The van der Waals surface area contributed by atoms with E-state index in [1.165, 1.54) is 0 Å². The Morgan fingerprint density at radius 3 is 2.57 bits per heavy atom. The Bertz CT molecular complexity index is 543. The topological polar surface area (TPSA) is 64.7 Å². The Morgan fingerprint density at radius 1 is 1.09 bits per heavy atom. The van der Waals surface area contributed by atoms with Crippen molar-refractivity contribution in [2.45, 2.75) is 12.5 Å². The van der Waals surface area contributed by atoms with Gasteiger partial charge in [0.1, 0.15) is 6.04 Å². The number of nitrogens with zero attached hydrogens (tertiary/aromatic N) is 2. The third-order valence-corrected chi connectivity index (χ3v) is 4.51. The predicted molar refractivity (Wildman–Crippen MR) is 87.8 cm³/mol. The van der Waals surface area contributed by atoms with Crippen LogP contribution in [0.5, 0.6) is 0 Å². The van der Waals surface area contributed by atoms with Crippen LogP contribution in [0.4, 0.5) is 0 Å². The second-order valence-corrected chi connectivity index (χ2v) is 6.02. The molecule has 6 nitrogen and oxygen atoms in total. The molecule has 6 heteroatoms. The molecule has 1 atom stereocenters. The Morgan fingerprint density at radius 2 is 1.83 bits per heavy atom. The molecule has 2 amide bonds. The standard InChI is InChI=1S/C17H24N4O2/c22-15(20-11-7-18-8-12-20)6-10-21-13-9-19-17(23)16(21)14-4-2-1-3-5-14/h1-5,16,18H,6-13H2,(H,19,23). The molecule has 2 aliphatic rings. The average molecular weight is 316 g/mol. The van der Waals surface area contributed by atoms with E-state index in [4.69, 9.17) is 0 Å². The molecule has 1 aromatic rings. The van der Waals surface area contributed by atoms with Crippen LogP contribution in [0.15, 0.2) is 30.3 Å². The quantitative estimate of drug-likeness (QED) is 0.819. The van der Waals surface area contributed by atoms with Crippen LogP contribution in [0.25, 0.3) is 0 Å². The molecule has 2 aliphatic heterocycles. The van der Waals surface area contributed by atoms with E-state index in [0.717, 1.165) is 38.3 Å². The van der Waals surface area contributed by atoms with Crippen molar-refractivity contribution in [3.8, 4) is 0 Å². The van der Waals surface area contributed by atoms with E-state index in [9.17, 15) is 9.59 Å². The molecule has 0 saturated carbocycles. The van der Waals surface area contributed by atoms with Crippen molar-refractivity contribution >= 4 is 11.8 Å². The van der Waals surface area contributed by atoms with Crippen molar-refractivity contribution in [2.24, 2.45) is 0 Å². The lowest BCUT2D eigenvalue weighted by Gasteiger charge is -2.36. The zero-order chi connectivity index (χ0) is 16.1. The third-order valence-electron chi connectivity index (χ3n) is 4.51. The van der Waals surface area contributed by atoms with E-state index in [-0.39, 0.29) is 17.9 Å². The fourth-order valence-corrected chi connectivity index (χ4v) is 3.26. The van der Waals surface area contributed by atoms with Gasteiger partial charge < -0.3 is 15.5 Å². The van der Waals surface area contributed by atoms with Gasteiger partial charge in [-0.1, -0.05) is 30.3 Å². The Labute approximate surface area is 136 Å². The van der Waals surface area contributed by atoms with Crippen molar-refractivity contribution in [1.82, 2.24) is 20.4 Å². The predicted octanol–water partition coefficient (Wildman–Crippen LogP) is -0.0186. The molecular weight excluding hydrogens is 292 g/mol. The summed E-state index contributed by atoms with van der Waals surface area (Å²) in [5, 5.41) is 6.18. The molecule has 1 unspecified atom stereocenters. The summed E-state index contributed by atoms with van der Waals surface area (Å²) in [6.07, 6.45) is 0.469. The molecular formula is C17H24N4O2. The molecule has 124 valence electrons. The number of piperazine rings is 2. The van der Waals surface area contributed by atoms with Crippen molar-refractivity contribution in [3.05, 3.63) is 35.9 Å². The number of carbonyl (C=O) groups excluding carboxylic acids is 2. The van der Waals surface area contributed by atoms with E-state index >= 15 is 0 Å². The summed E-state index contributed by atoms with van der Waals surface area (Å²) >= 11 is 0. The minimum Gasteiger partial charge on any atom is -0.353 e. The van der Waals surface area contributed by atoms with E-state index in [0.29, 0.717) is 19.5 Å². The minimum absolute atomic E-state index is 0.0251. The van der Waals surface area contributed by atoms with Gasteiger partial charge in [0.25, 0.3) is 0 Å². The Hall–Kier alpha value is -1.92. The summed E-state index contributed by atoms with van der Waals surface area (Å²) in [7, 11) is 0. The summed E-state index contributed by atoms with van der Waals surface area (Å²) in [6.45, 7) is 5.33. The highest BCUT2D eigenvalue weighted by Gasteiger charge is 2.31. The first-order chi connectivity index (χ1) is 11.3. The van der Waals surface area contributed by atoms with E-state index in [2.05, 4.69) is 15.5 Å². The second kappa shape index (κ2) is 7.57. The van der Waals surface area contributed by atoms with Gasteiger partial charge in [0.2, 0.25) is 11.8 Å². The Kier molecular flexibility index (Phi) is 5.25. The number of carbonyl (C=O) groups is 2. The van der Waals surface area contributed by atoms with Gasteiger partial charge in [-0.05, 0) is 5.56 Å². The normalized spacial score (nSPS) is 22.7. The summed E-state index contributed by atoms with van der Waals surface area (Å²) in [6, 6.07) is 9.49. The smallest absolute Gasteiger partial charge is 0.242 e. The zero-order valence-corrected chi connectivity index (χ0v) is 13.3. The maximum absolute atomic E-state index is 12.3. The monoisotopic (exact) mass is 316 g/mol. The molecule has 2 saturated heterocycles. The van der Waals surface area contributed by atoms with E-state index < -0.39 is 0 Å². The molecule has 2 heterocycles. The van der Waals surface area contributed by atoms with Gasteiger partial charge in [0.15, 0.2) is 0 Å². The van der Waals surface area contributed by atoms with E-state index in [1.54, 1.807) is 0 Å². The fraction of sp³-hybridized carbons (Fsp3) is 0.529. The fourth-order valence-electron chi connectivity index (χ4n) is 3.26. The lowest BCUT2D eigenvalue weighted by atomic mass is 10.0. The summed E-state index contributed by atoms with van der Waals surface area (Å²) in [5.74, 6) is 0.210.